The van der Waals surface area contributed by atoms with Gasteiger partial charge < -0.3 is 30.3 Å². The summed E-state index contributed by atoms with van der Waals surface area (Å²) in [5.41, 5.74) is 2.84. The molecule has 0 aromatic heterocycles. The number of hydrogen-bond donors (Lipinski definition) is 4. The zero-order chi connectivity index (χ0) is 40.9. The number of hydrogen-bond acceptors (Lipinski definition) is 9. The lowest BCUT2D eigenvalue weighted by atomic mass is 9.98. The van der Waals surface area contributed by atoms with Crippen molar-refractivity contribution in [3.05, 3.63) is 34.9 Å². The van der Waals surface area contributed by atoms with Crippen LogP contribution in [-0.4, -0.2) is 83.8 Å². The third-order valence-corrected chi connectivity index (χ3v) is 10.6. The number of carbonyl (C=O) groups is 5. The molecule has 0 radical (unpaired) electrons. The molecule has 4 N–H and O–H groups in total. The van der Waals surface area contributed by atoms with E-state index in [9.17, 15) is 33.4 Å². The van der Waals surface area contributed by atoms with Crippen LogP contribution < -0.4 is 16.0 Å². The Bertz CT molecular complexity index is 1350. The van der Waals surface area contributed by atoms with E-state index in [-0.39, 0.29) is 31.1 Å². The molecule has 0 aliphatic rings. The summed E-state index contributed by atoms with van der Waals surface area (Å²) >= 11 is 1.47. The monoisotopic (exact) mass is 785 g/mol. The lowest BCUT2D eigenvalue weighted by molar-refractivity contribution is -0.174. The van der Waals surface area contributed by atoms with Crippen LogP contribution in [0.5, 0.6) is 0 Å². The largest absolute Gasteiger partial charge is 0.427 e. The van der Waals surface area contributed by atoms with E-state index >= 15 is 0 Å². The molecule has 0 aliphatic heterocycles. The third-order valence-electron chi connectivity index (χ3n) is 8.26. The zero-order valence-corrected chi connectivity index (χ0v) is 36.0. The van der Waals surface area contributed by atoms with Gasteiger partial charge in [0.05, 0.1) is 5.41 Å². The van der Waals surface area contributed by atoms with Crippen molar-refractivity contribution in [3.63, 3.8) is 0 Å². The predicted molar refractivity (Wildman–Crippen MR) is 215 cm³/mol. The molecule has 4 atom stereocenters. The van der Waals surface area contributed by atoms with Gasteiger partial charge in [-0.2, -0.15) is 11.8 Å². The summed E-state index contributed by atoms with van der Waals surface area (Å²) in [6.07, 6.45) is 11.4. The van der Waals surface area contributed by atoms with Gasteiger partial charge in [0.1, 0.15) is 18.1 Å². The van der Waals surface area contributed by atoms with Crippen LogP contribution in [0, 0.1) is 17.3 Å². The summed E-state index contributed by atoms with van der Waals surface area (Å²) in [5, 5.41) is 8.04. The normalized spacial score (nSPS) is 15.2. The SMILES string of the molecule is CSCC[C@H](NC(=O)[C@@H](NC(=O)[C@@H](NC(=O)CCP(=O)(O)C/C=C(\C)CC/C=C(\C)CCC=C(C)C)C(C)C)C(C)C)C(=O)OCOC(=O)C(C)(C)C. The summed E-state index contributed by atoms with van der Waals surface area (Å²) in [6, 6.07) is -3.14. The van der Waals surface area contributed by atoms with Crippen LogP contribution >= 0.6 is 19.1 Å². The number of ether oxygens (including phenoxy) is 2. The molecule has 0 bridgehead atoms. The van der Waals surface area contributed by atoms with Crippen LogP contribution in [0.2, 0.25) is 0 Å². The first-order valence-corrected chi connectivity index (χ1v) is 21.9. The highest BCUT2D eigenvalue weighted by Crippen LogP contribution is 2.41. The van der Waals surface area contributed by atoms with E-state index in [2.05, 4.69) is 48.9 Å². The molecule has 0 aliphatic carbocycles. The van der Waals surface area contributed by atoms with Crippen molar-refractivity contribution in [2.24, 2.45) is 17.3 Å². The summed E-state index contributed by atoms with van der Waals surface area (Å²) in [6.45, 7) is 19.5. The Morgan fingerprint density at radius 2 is 1.30 bits per heavy atom. The van der Waals surface area contributed by atoms with E-state index in [1.165, 1.54) is 22.9 Å². The molecule has 3 amide bonds. The van der Waals surface area contributed by atoms with E-state index in [0.717, 1.165) is 31.3 Å². The number of rotatable bonds is 24. The second-order valence-electron chi connectivity index (χ2n) is 15.6. The maximum absolute atomic E-state index is 13.4. The van der Waals surface area contributed by atoms with Crippen molar-refractivity contribution in [1.29, 1.82) is 0 Å². The summed E-state index contributed by atoms with van der Waals surface area (Å²) in [4.78, 5) is 75.2. The Kier molecular flexibility index (Phi) is 23.9. The number of allylic oxidation sites excluding steroid dienone is 6. The van der Waals surface area contributed by atoms with Crippen LogP contribution in [0.15, 0.2) is 34.9 Å². The van der Waals surface area contributed by atoms with Crippen LogP contribution in [-0.2, 0) is 38.0 Å². The average Bonchev–Trinajstić information content (AvgIpc) is 3.04. The molecule has 0 rings (SSSR count). The van der Waals surface area contributed by atoms with Crippen LogP contribution in [0.3, 0.4) is 0 Å². The highest BCUT2D eigenvalue weighted by Gasteiger charge is 2.33. The van der Waals surface area contributed by atoms with Gasteiger partial charge in [0, 0.05) is 18.7 Å². The fourth-order valence-electron chi connectivity index (χ4n) is 4.77. The Labute approximate surface area is 323 Å². The molecular formula is C39H68N3O9PS. The Hall–Kier alpha value is -2.89. The molecule has 0 aromatic carbocycles. The molecule has 12 nitrogen and oxygen atoms in total. The minimum Gasteiger partial charge on any atom is -0.427 e. The van der Waals surface area contributed by atoms with Gasteiger partial charge in [0.25, 0.3) is 0 Å². The van der Waals surface area contributed by atoms with E-state index in [0.29, 0.717) is 5.75 Å². The highest BCUT2D eigenvalue weighted by molar-refractivity contribution is 7.98. The topological polar surface area (TPSA) is 177 Å². The summed E-state index contributed by atoms with van der Waals surface area (Å²) < 4.78 is 23.0. The molecule has 304 valence electrons. The molecule has 0 saturated heterocycles. The second-order valence-corrected chi connectivity index (χ2v) is 19.1. The van der Waals surface area contributed by atoms with Gasteiger partial charge in [-0.25, -0.2) is 4.79 Å². The van der Waals surface area contributed by atoms with Gasteiger partial charge in [-0.3, -0.25) is 23.7 Å². The number of esters is 2. The Morgan fingerprint density at radius 1 is 0.774 bits per heavy atom. The minimum absolute atomic E-state index is 0.0395. The van der Waals surface area contributed by atoms with E-state index in [1.807, 2.05) is 13.2 Å². The van der Waals surface area contributed by atoms with Gasteiger partial charge in [-0.1, -0.05) is 62.6 Å². The van der Waals surface area contributed by atoms with Gasteiger partial charge in [-0.15, -0.1) is 0 Å². The zero-order valence-electron chi connectivity index (χ0n) is 34.3. The second kappa shape index (κ2) is 25.2. The maximum Gasteiger partial charge on any atom is 0.331 e. The summed E-state index contributed by atoms with van der Waals surface area (Å²) in [5.74, 6) is -3.35. The molecule has 0 aromatic rings. The lowest BCUT2D eigenvalue weighted by Crippen LogP contribution is -2.58. The number of amides is 3. The molecular weight excluding hydrogens is 717 g/mol. The van der Waals surface area contributed by atoms with Crippen LogP contribution in [0.4, 0.5) is 0 Å². The number of thioether (sulfide) groups is 1. The Balaban J connectivity index is 5.31. The maximum atomic E-state index is 13.4. The first-order valence-electron chi connectivity index (χ1n) is 18.5. The smallest absolute Gasteiger partial charge is 0.331 e. The van der Waals surface area contributed by atoms with Crippen molar-refractivity contribution in [2.75, 3.05) is 31.1 Å². The quantitative estimate of drug-likeness (QED) is 0.0358. The fraction of sp³-hybridized carbons (Fsp3) is 0.718. The molecule has 0 heterocycles. The van der Waals surface area contributed by atoms with Crippen LogP contribution in [0.25, 0.3) is 0 Å². The first-order chi connectivity index (χ1) is 24.5. The number of carbonyl (C=O) groups excluding carboxylic acids is 5. The minimum atomic E-state index is -3.64. The van der Waals surface area contributed by atoms with Gasteiger partial charge in [0.2, 0.25) is 31.9 Å². The van der Waals surface area contributed by atoms with Crippen molar-refractivity contribution in [2.45, 2.75) is 133 Å². The fourth-order valence-corrected chi connectivity index (χ4v) is 6.57. The molecule has 0 saturated carbocycles. The van der Waals surface area contributed by atoms with E-state index in [1.54, 1.807) is 54.5 Å². The third kappa shape index (κ3) is 22.8. The summed E-state index contributed by atoms with van der Waals surface area (Å²) in [7, 11) is -3.64. The van der Waals surface area contributed by atoms with E-state index < -0.39 is 73.3 Å². The standard InChI is InChI=1S/C39H68N3O9PS/c1-26(2)15-13-16-29(7)17-14-18-30(8)19-22-52(48,49)23-20-32(43)41-33(27(3)4)36(45)42-34(28(5)6)35(44)40-31(21-24-53-12)37(46)50-25-51-38(47)39(9,10)11/h15,17,19,27-28,31,33-34H,13-14,16,18,20-25H2,1-12H3,(H,40,44)(H,41,43)(H,42,45)(H,48,49)/b29-17+,30-19+/t31-,33-,34-/m0/s1. The molecule has 0 spiro atoms. The highest BCUT2D eigenvalue weighted by atomic mass is 32.2. The lowest BCUT2D eigenvalue weighted by Gasteiger charge is -2.28. The van der Waals surface area contributed by atoms with Crippen LogP contribution in [0.1, 0.15) is 115 Å². The van der Waals surface area contributed by atoms with Crippen molar-refractivity contribution < 1.29 is 42.9 Å². The molecule has 0 fully saturated rings. The molecule has 1 unspecified atom stereocenters. The van der Waals surface area contributed by atoms with E-state index in [4.69, 9.17) is 9.47 Å². The first kappa shape index (κ1) is 50.1. The predicted octanol–water partition coefficient (Wildman–Crippen LogP) is 6.68. The van der Waals surface area contributed by atoms with Crippen molar-refractivity contribution in [1.82, 2.24) is 16.0 Å². The van der Waals surface area contributed by atoms with Crippen molar-refractivity contribution >= 4 is 48.8 Å². The molecule has 14 heteroatoms. The van der Waals surface area contributed by atoms with Gasteiger partial charge in [-0.05, 0) is 104 Å². The van der Waals surface area contributed by atoms with Crippen molar-refractivity contribution in [3.8, 4) is 0 Å². The average molecular weight is 786 g/mol. The number of nitrogens with one attached hydrogen (secondary N) is 3. The molecule has 53 heavy (non-hydrogen) atoms. The Morgan fingerprint density at radius 3 is 1.83 bits per heavy atom. The van der Waals surface area contributed by atoms with Gasteiger partial charge >= 0.3 is 11.9 Å². The van der Waals surface area contributed by atoms with Gasteiger partial charge in [0.15, 0.2) is 0 Å².